The highest BCUT2D eigenvalue weighted by Crippen LogP contribution is 2.08. The topological polar surface area (TPSA) is 159 Å². The molecule has 0 aliphatic carbocycles. The number of aliphatic carboxylic acids is 1. The Morgan fingerprint density at radius 1 is 0.933 bits per heavy atom. The first kappa shape index (κ1) is 14.2. The minimum absolute atomic E-state index is 0.881. The highest BCUT2D eigenvalue weighted by atomic mass is 16.4. The third-order valence-electron chi connectivity index (χ3n) is 1.86. The predicted octanol–water partition coefficient (Wildman–Crippen LogP) is -4.13. The van der Waals surface area contributed by atoms with E-state index in [1.807, 2.05) is 0 Å². The fraction of sp³-hybridized carbons (Fsp3) is 0.857. The lowest BCUT2D eigenvalue weighted by molar-refractivity contribution is -0.169. The Kier molecular flexibility index (Phi) is 5.65. The zero-order chi connectivity index (χ0) is 12.2. The largest absolute Gasteiger partial charge is 0.479 e. The molecule has 8 nitrogen and oxygen atoms in total. The molecule has 15 heavy (non-hydrogen) atoms. The smallest absolute Gasteiger partial charge is 0.335 e. The van der Waals surface area contributed by atoms with Gasteiger partial charge in [0.05, 0.1) is 6.61 Å². The maximum absolute atomic E-state index is 10.2. The minimum Gasteiger partial charge on any atom is -0.479 e. The molecule has 90 valence electrons. The van der Waals surface area contributed by atoms with Crippen LogP contribution in [0.5, 0.6) is 0 Å². The minimum atomic E-state index is -2.29. The maximum atomic E-state index is 10.2. The van der Waals surface area contributed by atoms with Gasteiger partial charge in [-0.25, -0.2) is 4.79 Å². The van der Waals surface area contributed by atoms with E-state index < -0.39 is 43.1 Å². The van der Waals surface area contributed by atoms with Gasteiger partial charge >= 0.3 is 5.97 Å². The molecular weight excluding hydrogens is 212 g/mol. The Labute approximate surface area is 84.7 Å². The molecule has 5 atom stereocenters. The van der Waals surface area contributed by atoms with Crippen LogP contribution in [0.4, 0.5) is 0 Å². The van der Waals surface area contributed by atoms with Gasteiger partial charge in [0.25, 0.3) is 0 Å². The lowest BCUT2D eigenvalue weighted by Gasteiger charge is -2.26. The highest BCUT2D eigenvalue weighted by Gasteiger charge is 2.36. The summed E-state index contributed by atoms with van der Waals surface area (Å²) in [5, 5.41) is 61.5. The van der Waals surface area contributed by atoms with E-state index in [4.69, 9.17) is 35.7 Å². The fourth-order valence-electron chi connectivity index (χ4n) is 0.870. The molecular formula is C7H14O8. The van der Waals surface area contributed by atoms with Crippen LogP contribution in [0.15, 0.2) is 0 Å². The molecule has 0 aromatic heterocycles. The molecule has 0 heterocycles. The van der Waals surface area contributed by atoms with E-state index in [9.17, 15) is 4.79 Å². The summed E-state index contributed by atoms with van der Waals surface area (Å²) in [4.78, 5) is 10.2. The van der Waals surface area contributed by atoms with Gasteiger partial charge in [-0.2, -0.15) is 0 Å². The van der Waals surface area contributed by atoms with Gasteiger partial charge in [0, 0.05) is 0 Å². The average Bonchev–Trinajstić information content (AvgIpc) is 2.23. The monoisotopic (exact) mass is 226 g/mol. The molecule has 0 radical (unpaired) electrons. The van der Waals surface area contributed by atoms with Gasteiger partial charge in [0.1, 0.15) is 24.4 Å². The normalized spacial score (nSPS) is 21.5. The second kappa shape index (κ2) is 5.95. The van der Waals surface area contributed by atoms with Gasteiger partial charge < -0.3 is 35.7 Å². The number of aliphatic hydroxyl groups excluding tert-OH is 6. The first-order chi connectivity index (χ1) is 6.82. The molecule has 0 spiro atoms. The number of carbonyl (C=O) groups is 1. The van der Waals surface area contributed by atoms with Crippen molar-refractivity contribution in [3.8, 4) is 0 Å². The standard InChI is InChI=1S/C7H14O8/c8-1-2(9)3(10)4(11)5(12)6(13)7(14)15/h2-6,8-13H,1H2,(H,14,15)/t2-,3-,4+,5-,6+/m1/s1. The zero-order valence-electron chi connectivity index (χ0n) is 7.63. The Morgan fingerprint density at radius 2 is 1.40 bits per heavy atom. The van der Waals surface area contributed by atoms with Crippen LogP contribution in [0.3, 0.4) is 0 Å². The van der Waals surface area contributed by atoms with Gasteiger partial charge in [-0.3, -0.25) is 0 Å². The van der Waals surface area contributed by atoms with Crippen molar-refractivity contribution in [1.29, 1.82) is 0 Å². The van der Waals surface area contributed by atoms with Crippen LogP contribution in [-0.4, -0.2) is 78.8 Å². The number of hydrogen-bond acceptors (Lipinski definition) is 7. The third-order valence-corrected chi connectivity index (χ3v) is 1.86. The molecule has 0 aliphatic heterocycles. The van der Waals surface area contributed by atoms with Crippen LogP contribution >= 0.6 is 0 Å². The molecule has 0 aromatic carbocycles. The Bertz CT molecular complexity index is 207. The quantitative estimate of drug-likeness (QED) is 0.240. The van der Waals surface area contributed by atoms with E-state index in [0.29, 0.717) is 0 Å². The van der Waals surface area contributed by atoms with Crippen LogP contribution in [0.25, 0.3) is 0 Å². The first-order valence-corrected chi connectivity index (χ1v) is 4.07. The van der Waals surface area contributed by atoms with Gasteiger partial charge in [-0.1, -0.05) is 0 Å². The SMILES string of the molecule is O=C(O)[C@@H](O)[C@H](O)[C@@H](O)[C@H](O)[C@H](O)CO. The summed E-state index contributed by atoms with van der Waals surface area (Å²) in [5.74, 6) is -1.78. The Balaban J connectivity index is 4.42. The van der Waals surface area contributed by atoms with Crippen molar-refractivity contribution < 1.29 is 40.5 Å². The number of hydrogen-bond donors (Lipinski definition) is 7. The second-order valence-corrected chi connectivity index (χ2v) is 3.00. The van der Waals surface area contributed by atoms with Crippen molar-refractivity contribution in [3.63, 3.8) is 0 Å². The fourth-order valence-corrected chi connectivity index (χ4v) is 0.870. The van der Waals surface area contributed by atoms with E-state index in [2.05, 4.69) is 0 Å². The molecule has 0 aliphatic rings. The number of carboxylic acid groups (broad SMARTS) is 1. The molecule has 7 N–H and O–H groups in total. The lowest BCUT2D eigenvalue weighted by atomic mass is 9.99. The van der Waals surface area contributed by atoms with Crippen molar-refractivity contribution in [2.75, 3.05) is 6.61 Å². The van der Waals surface area contributed by atoms with Crippen molar-refractivity contribution in [3.05, 3.63) is 0 Å². The molecule has 8 heteroatoms. The molecule has 0 saturated heterocycles. The molecule has 0 aromatic rings. The maximum Gasteiger partial charge on any atom is 0.335 e. The van der Waals surface area contributed by atoms with Gasteiger partial charge in [0.2, 0.25) is 0 Å². The second-order valence-electron chi connectivity index (χ2n) is 3.00. The summed E-state index contributed by atoms with van der Waals surface area (Å²) < 4.78 is 0. The summed E-state index contributed by atoms with van der Waals surface area (Å²) in [6.07, 6.45) is -10.2. The zero-order valence-corrected chi connectivity index (χ0v) is 7.63. The first-order valence-electron chi connectivity index (χ1n) is 4.07. The van der Waals surface area contributed by atoms with E-state index >= 15 is 0 Å². The summed E-state index contributed by atoms with van der Waals surface area (Å²) in [5.41, 5.74) is 0. The van der Waals surface area contributed by atoms with Gasteiger partial charge in [-0.05, 0) is 0 Å². The number of aliphatic hydroxyl groups is 6. The third kappa shape index (κ3) is 3.70. The Hall–Kier alpha value is -0.770. The van der Waals surface area contributed by atoms with Crippen LogP contribution in [0.1, 0.15) is 0 Å². The van der Waals surface area contributed by atoms with Crippen molar-refractivity contribution >= 4 is 5.97 Å². The van der Waals surface area contributed by atoms with Crippen LogP contribution in [-0.2, 0) is 4.79 Å². The summed E-state index contributed by atoms with van der Waals surface area (Å²) in [7, 11) is 0. The molecule has 0 amide bonds. The molecule has 0 bridgehead atoms. The predicted molar refractivity (Wildman–Crippen MR) is 44.8 cm³/mol. The van der Waals surface area contributed by atoms with Crippen LogP contribution in [0.2, 0.25) is 0 Å². The summed E-state index contributed by atoms with van der Waals surface area (Å²) in [6, 6.07) is 0. The van der Waals surface area contributed by atoms with E-state index in [0.717, 1.165) is 0 Å². The molecule has 0 unspecified atom stereocenters. The molecule has 0 fully saturated rings. The van der Waals surface area contributed by atoms with Crippen molar-refractivity contribution in [2.24, 2.45) is 0 Å². The average molecular weight is 226 g/mol. The van der Waals surface area contributed by atoms with Gasteiger partial charge in [-0.15, -0.1) is 0 Å². The van der Waals surface area contributed by atoms with Crippen molar-refractivity contribution in [2.45, 2.75) is 30.5 Å². The lowest BCUT2D eigenvalue weighted by Crippen LogP contribution is -2.51. The molecule has 0 saturated carbocycles. The van der Waals surface area contributed by atoms with Crippen LogP contribution < -0.4 is 0 Å². The van der Waals surface area contributed by atoms with Crippen molar-refractivity contribution in [1.82, 2.24) is 0 Å². The van der Waals surface area contributed by atoms with Crippen LogP contribution in [0, 0.1) is 0 Å². The van der Waals surface area contributed by atoms with E-state index in [-0.39, 0.29) is 0 Å². The van der Waals surface area contributed by atoms with E-state index in [1.165, 1.54) is 0 Å². The van der Waals surface area contributed by atoms with Gasteiger partial charge in [0.15, 0.2) is 6.10 Å². The van der Waals surface area contributed by atoms with E-state index in [1.54, 1.807) is 0 Å². The summed E-state index contributed by atoms with van der Waals surface area (Å²) in [6.45, 7) is -0.881. The number of rotatable bonds is 6. The molecule has 0 rings (SSSR count). The summed E-state index contributed by atoms with van der Waals surface area (Å²) >= 11 is 0. The highest BCUT2D eigenvalue weighted by molar-refractivity contribution is 5.72. The Morgan fingerprint density at radius 3 is 1.73 bits per heavy atom. The number of carboxylic acids is 1.